The number of hydrogen-bond donors (Lipinski definition) is 0. The van der Waals surface area contributed by atoms with Gasteiger partial charge >= 0.3 is 0 Å². The number of Topliss-reactive ketones (excluding diaryl/α,β-unsaturated/α-hetero) is 1. The molecule has 0 N–H and O–H groups in total. The first-order chi connectivity index (χ1) is 13.3. The minimum Gasteiger partial charge on any atom is -0.383 e. The van der Waals surface area contributed by atoms with Crippen LogP contribution in [-0.2, 0) is 24.3 Å². The van der Waals surface area contributed by atoms with Crippen LogP contribution in [0.3, 0.4) is 0 Å². The number of fused-ring (bicyclic) bond motifs is 1. The summed E-state index contributed by atoms with van der Waals surface area (Å²) >= 11 is 0. The van der Waals surface area contributed by atoms with Crippen molar-refractivity contribution < 1.29 is 27.5 Å². The molecule has 9 heteroatoms. The Kier molecular flexibility index (Phi) is 6.18. The van der Waals surface area contributed by atoms with E-state index in [0.29, 0.717) is 18.7 Å². The molecule has 28 heavy (non-hydrogen) atoms. The summed E-state index contributed by atoms with van der Waals surface area (Å²) in [7, 11) is -0.785. The predicted octanol–water partition coefficient (Wildman–Crippen LogP) is 1.44. The SMILES string of the molecule is CCCCN1C(=O)C(=O)c2cc(S(=O)(=O)N3C[C@H](OC)C[C@H]3COC)ccc21. The molecule has 0 radical (unpaired) electrons. The average Bonchev–Trinajstić information content (AvgIpc) is 3.21. The van der Waals surface area contributed by atoms with Crippen LogP contribution in [0.25, 0.3) is 0 Å². The number of sulfonamides is 1. The van der Waals surface area contributed by atoms with E-state index in [1.54, 1.807) is 13.2 Å². The first kappa shape index (κ1) is 20.9. The lowest BCUT2D eigenvalue weighted by atomic mass is 10.1. The second kappa shape index (κ2) is 8.28. The van der Waals surface area contributed by atoms with Gasteiger partial charge in [0.25, 0.3) is 11.7 Å². The number of carbonyl (C=O) groups is 2. The number of hydrogen-bond acceptors (Lipinski definition) is 6. The largest absolute Gasteiger partial charge is 0.383 e. The second-order valence-corrected chi connectivity index (χ2v) is 8.99. The van der Waals surface area contributed by atoms with Gasteiger partial charge in [-0.15, -0.1) is 0 Å². The molecule has 2 aliphatic rings. The summed E-state index contributed by atoms with van der Waals surface area (Å²) in [6, 6.07) is 3.99. The number of unbranched alkanes of at least 4 members (excludes halogenated alkanes) is 1. The molecule has 0 aliphatic carbocycles. The normalized spacial score (nSPS) is 22.9. The van der Waals surface area contributed by atoms with Crippen molar-refractivity contribution in [3.63, 3.8) is 0 Å². The molecule has 154 valence electrons. The summed E-state index contributed by atoms with van der Waals surface area (Å²) in [6.45, 7) is 2.92. The van der Waals surface area contributed by atoms with Gasteiger partial charge in [-0.1, -0.05) is 13.3 Å². The maximum atomic E-state index is 13.2. The van der Waals surface area contributed by atoms with Crippen LogP contribution in [0.5, 0.6) is 0 Å². The zero-order valence-electron chi connectivity index (χ0n) is 16.4. The summed E-state index contributed by atoms with van der Waals surface area (Å²) in [5.74, 6) is -1.26. The van der Waals surface area contributed by atoms with E-state index in [9.17, 15) is 18.0 Å². The molecular weight excluding hydrogens is 384 g/mol. The molecule has 0 spiro atoms. The Hall–Kier alpha value is -1.81. The number of ether oxygens (including phenoxy) is 2. The molecule has 1 aromatic rings. The van der Waals surface area contributed by atoms with Gasteiger partial charge in [-0.25, -0.2) is 8.42 Å². The lowest BCUT2D eigenvalue weighted by Crippen LogP contribution is -2.38. The Morgan fingerprint density at radius 2 is 1.96 bits per heavy atom. The topological polar surface area (TPSA) is 93.2 Å². The average molecular weight is 410 g/mol. The van der Waals surface area contributed by atoms with Gasteiger partial charge in [-0.3, -0.25) is 9.59 Å². The van der Waals surface area contributed by atoms with E-state index >= 15 is 0 Å². The zero-order valence-corrected chi connectivity index (χ0v) is 17.2. The molecule has 1 aromatic carbocycles. The number of methoxy groups -OCH3 is 2. The minimum absolute atomic E-state index is 0.00241. The summed E-state index contributed by atoms with van der Waals surface area (Å²) in [5.41, 5.74) is 0.625. The van der Waals surface area contributed by atoms with Crippen molar-refractivity contribution in [3.8, 4) is 0 Å². The third-order valence-corrected chi connectivity index (χ3v) is 7.22. The Labute approximate surface area is 165 Å². The monoisotopic (exact) mass is 410 g/mol. The first-order valence-corrected chi connectivity index (χ1v) is 10.8. The van der Waals surface area contributed by atoms with Gasteiger partial charge in [-0.2, -0.15) is 4.31 Å². The van der Waals surface area contributed by atoms with E-state index in [2.05, 4.69) is 0 Å². The van der Waals surface area contributed by atoms with Gasteiger partial charge in [0.05, 0.1) is 34.9 Å². The van der Waals surface area contributed by atoms with Crippen LogP contribution in [-0.4, -0.2) is 70.5 Å². The van der Waals surface area contributed by atoms with Gasteiger partial charge in [0, 0.05) is 27.3 Å². The Balaban J connectivity index is 1.94. The summed E-state index contributed by atoms with van der Waals surface area (Å²) in [4.78, 5) is 26.1. The van der Waals surface area contributed by atoms with Crippen molar-refractivity contribution in [1.29, 1.82) is 0 Å². The maximum absolute atomic E-state index is 13.2. The standard InChI is InChI=1S/C19H26N2O6S/c1-4-5-8-20-17-7-6-15(10-16(17)18(22)19(20)23)28(24,25)21-11-14(27-3)9-13(21)12-26-2/h6-7,10,13-14H,4-5,8-9,11-12H2,1-3H3/t13-,14+/m0/s1. The van der Waals surface area contributed by atoms with E-state index in [1.807, 2.05) is 6.92 Å². The van der Waals surface area contributed by atoms with E-state index < -0.39 is 21.7 Å². The fourth-order valence-electron chi connectivity index (χ4n) is 3.77. The molecule has 1 saturated heterocycles. The molecular formula is C19H26N2O6S. The molecule has 2 atom stereocenters. The molecule has 2 aliphatic heterocycles. The van der Waals surface area contributed by atoms with Crippen molar-refractivity contribution >= 4 is 27.4 Å². The predicted molar refractivity (Wildman–Crippen MR) is 103 cm³/mol. The van der Waals surface area contributed by atoms with Gasteiger partial charge < -0.3 is 14.4 Å². The Bertz CT molecular complexity index is 869. The molecule has 1 fully saturated rings. The molecule has 0 unspecified atom stereocenters. The van der Waals surface area contributed by atoms with Gasteiger partial charge in [0.15, 0.2) is 0 Å². The number of ketones is 1. The van der Waals surface area contributed by atoms with Crippen molar-refractivity contribution in [2.45, 2.75) is 43.2 Å². The first-order valence-electron chi connectivity index (χ1n) is 9.39. The van der Waals surface area contributed by atoms with E-state index in [-0.39, 0.29) is 35.8 Å². The zero-order chi connectivity index (χ0) is 20.5. The van der Waals surface area contributed by atoms with E-state index in [4.69, 9.17) is 9.47 Å². The number of carbonyl (C=O) groups excluding carboxylic acids is 2. The highest BCUT2D eigenvalue weighted by Gasteiger charge is 2.42. The molecule has 1 amide bonds. The van der Waals surface area contributed by atoms with Crippen LogP contribution in [0.1, 0.15) is 36.5 Å². The van der Waals surface area contributed by atoms with Gasteiger partial charge in [0.1, 0.15) is 0 Å². The highest BCUT2D eigenvalue weighted by Crippen LogP contribution is 2.34. The highest BCUT2D eigenvalue weighted by molar-refractivity contribution is 7.89. The lowest BCUT2D eigenvalue weighted by Gasteiger charge is -2.23. The van der Waals surface area contributed by atoms with Crippen LogP contribution in [0.2, 0.25) is 0 Å². The van der Waals surface area contributed by atoms with Gasteiger partial charge in [0.2, 0.25) is 10.0 Å². The second-order valence-electron chi connectivity index (χ2n) is 7.10. The molecule has 0 saturated carbocycles. The van der Waals surface area contributed by atoms with Crippen molar-refractivity contribution in [3.05, 3.63) is 23.8 Å². The molecule has 2 heterocycles. The van der Waals surface area contributed by atoms with Crippen molar-refractivity contribution in [2.75, 3.05) is 38.8 Å². The van der Waals surface area contributed by atoms with Crippen LogP contribution < -0.4 is 4.90 Å². The quantitative estimate of drug-likeness (QED) is 0.602. The van der Waals surface area contributed by atoms with Crippen molar-refractivity contribution in [2.24, 2.45) is 0 Å². The van der Waals surface area contributed by atoms with E-state index in [0.717, 1.165) is 12.8 Å². The number of benzene rings is 1. The van der Waals surface area contributed by atoms with Gasteiger partial charge in [-0.05, 0) is 31.0 Å². The van der Waals surface area contributed by atoms with Crippen LogP contribution in [0.15, 0.2) is 23.1 Å². The highest BCUT2D eigenvalue weighted by atomic mass is 32.2. The third-order valence-electron chi connectivity index (χ3n) is 5.30. The third kappa shape index (κ3) is 3.59. The Morgan fingerprint density at radius 1 is 1.21 bits per heavy atom. The van der Waals surface area contributed by atoms with Crippen LogP contribution in [0, 0.1) is 0 Å². The molecule has 0 aromatic heterocycles. The Morgan fingerprint density at radius 3 is 2.61 bits per heavy atom. The number of amides is 1. The fraction of sp³-hybridized carbons (Fsp3) is 0.579. The summed E-state index contributed by atoms with van der Waals surface area (Å²) in [5, 5.41) is 0. The number of rotatable bonds is 8. The molecule has 3 rings (SSSR count). The van der Waals surface area contributed by atoms with Crippen LogP contribution in [0.4, 0.5) is 5.69 Å². The molecule has 0 bridgehead atoms. The smallest absolute Gasteiger partial charge is 0.299 e. The number of anilines is 1. The minimum atomic E-state index is -3.86. The van der Waals surface area contributed by atoms with Crippen molar-refractivity contribution in [1.82, 2.24) is 4.31 Å². The number of nitrogens with zero attached hydrogens (tertiary/aromatic N) is 2. The van der Waals surface area contributed by atoms with Crippen LogP contribution >= 0.6 is 0 Å². The fourth-order valence-corrected chi connectivity index (χ4v) is 5.45. The molecule has 8 nitrogen and oxygen atoms in total. The summed E-state index contributed by atoms with van der Waals surface area (Å²) < 4.78 is 38.3. The maximum Gasteiger partial charge on any atom is 0.299 e. The lowest BCUT2D eigenvalue weighted by molar-refractivity contribution is -0.114. The summed E-state index contributed by atoms with van der Waals surface area (Å²) in [6.07, 6.45) is 1.98. The van der Waals surface area contributed by atoms with E-state index in [1.165, 1.54) is 28.4 Å².